The van der Waals surface area contributed by atoms with E-state index in [9.17, 15) is 13.2 Å². The van der Waals surface area contributed by atoms with Gasteiger partial charge in [0.1, 0.15) is 5.56 Å². The van der Waals surface area contributed by atoms with Gasteiger partial charge >= 0.3 is 6.18 Å². The molecule has 17 heavy (non-hydrogen) atoms. The van der Waals surface area contributed by atoms with Crippen molar-refractivity contribution < 1.29 is 13.2 Å². The van der Waals surface area contributed by atoms with Gasteiger partial charge in [0, 0.05) is 5.92 Å². The van der Waals surface area contributed by atoms with Crippen molar-refractivity contribution in [2.24, 2.45) is 0 Å². The molecule has 1 fully saturated rings. The summed E-state index contributed by atoms with van der Waals surface area (Å²) in [4.78, 5) is 3.73. The van der Waals surface area contributed by atoms with Gasteiger partial charge in [-0.1, -0.05) is 0 Å². The summed E-state index contributed by atoms with van der Waals surface area (Å²) in [6.07, 6.45) is -0.492. The number of alkyl halides is 3. The molecule has 0 amide bonds. The Hall–Kier alpha value is -1.79. The minimum atomic E-state index is -4.44. The number of hydrogen-bond donors (Lipinski definition) is 1. The van der Waals surface area contributed by atoms with Crippen LogP contribution < -0.4 is 5.73 Å². The van der Waals surface area contributed by atoms with Crippen LogP contribution >= 0.6 is 0 Å². The predicted molar refractivity (Wildman–Crippen MR) is 54.4 cm³/mol. The molecule has 3 rings (SSSR count). The molecule has 0 spiro atoms. The van der Waals surface area contributed by atoms with Gasteiger partial charge in [0.15, 0.2) is 5.65 Å². The molecule has 1 aliphatic rings. The molecule has 2 aromatic rings. The monoisotopic (exact) mass is 242 g/mol. The maximum Gasteiger partial charge on any atom is 0.421 e. The van der Waals surface area contributed by atoms with Crippen LogP contribution in [-0.2, 0) is 6.18 Å². The number of halogens is 3. The first-order chi connectivity index (χ1) is 7.98. The van der Waals surface area contributed by atoms with Crippen molar-refractivity contribution >= 4 is 11.3 Å². The van der Waals surface area contributed by atoms with E-state index >= 15 is 0 Å². The molecule has 7 heteroatoms. The number of nitrogens with zero attached hydrogens (tertiary/aromatic N) is 3. The molecule has 0 aliphatic heterocycles. The van der Waals surface area contributed by atoms with E-state index < -0.39 is 11.7 Å². The predicted octanol–water partition coefficient (Wildman–Crippen LogP) is 2.21. The van der Waals surface area contributed by atoms with Crippen LogP contribution in [0.15, 0.2) is 12.4 Å². The molecule has 2 aromatic heterocycles. The van der Waals surface area contributed by atoms with E-state index in [0.717, 1.165) is 19.0 Å². The van der Waals surface area contributed by atoms with Crippen molar-refractivity contribution in [2.75, 3.05) is 5.73 Å². The fraction of sp³-hybridized carbons (Fsp3) is 0.400. The van der Waals surface area contributed by atoms with Crippen LogP contribution in [0.1, 0.15) is 30.0 Å². The molecule has 2 N–H and O–H groups in total. The molecule has 4 nitrogen and oxygen atoms in total. The van der Waals surface area contributed by atoms with E-state index in [2.05, 4.69) is 10.1 Å². The lowest BCUT2D eigenvalue weighted by molar-refractivity contribution is -0.136. The number of fused-ring (bicyclic) bond motifs is 1. The maximum absolute atomic E-state index is 12.7. The van der Waals surface area contributed by atoms with Crippen LogP contribution in [0.25, 0.3) is 5.65 Å². The summed E-state index contributed by atoms with van der Waals surface area (Å²) in [5.74, 6) is 0.210. The zero-order valence-electron chi connectivity index (χ0n) is 8.70. The van der Waals surface area contributed by atoms with E-state index in [1.807, 2.05) is 0 Å². The highest BCUT2D eigenvalue weighted by atomic mass is 19.4. The zero-order chi connectivity index (χ0) is 12.2. The highest BCUT2D eigenvalue weighted by Crippen LogP contribution is 2.43. The number of anilines is 1. The molecule has 0 radical (unpaired) electrons. The summed E-state index contributed by atoms with van der Waals surface area (Å²) in [5, 5.41) is 3.76. The topological polar surface area (TPSA) is 56.2 Å². The zero-order valence-corrected chi connectivity index (χ0v) is 8.70. The number of aromatic nitrogens is 3. The van der Waals surface area contributed by atoms with E-state index in [1.54, 1.807) is 0 Å². The molecular weight excluding hydrogens is 233 g/mol. The van der Waals surface area contributed by atoms with Crippen LogP contribution in [-0.4, -0.2) is 14.6 Å². The summed E-state index contributed by atoms with van der Waals surface area (Å²) < 4.78 is 39.2. The molecule has 1 aliphatic carbocycles. The summed E-state index contributed by atoms with van der Waals surface area (Å²) in [6, 6.07) is 0. The lowest BCUT2D eigenvalue weighted by Gasteiger charge is -2.07. The van der Waals surface area contributed by atoms with Crippen LogP contribution in [0.2, 0.25) is 0 Å². The van der Waals surface area contributed by atoms with Gasteiger partial charge in [-0.25, -0.2) is 9.50 Å². The summed E-state index contributed by atoms with van der Waals surface area (Å²) in [7, 11) is 0. The van der Waals surface area contributed by atoms with Crippen molar-refractivity contribution in [1.82, 2.24) is 14.6 Å². The van der Waals surface area contributed by atoms with Gasteiger partial charge in [0.2, 0.25) is 0 Å². The van der Waals surface area contributed by atoms with E-state index in [1.165, 1.54) is 10.7 Å². The Labute approximate surface area is 94.2 Å². The number of rotatable bonds is 1. The highest BCUT2D eigenvalue weighted by Gasteiger charge is 2.37. The SMILES string of the molecule is Nc1cnc2c(C(F)(F)F)cnn2c1C1CC1. The van der Waals surface area contributed by atoms with E-state index in [-0.39, 0.29) is 11.6 Å². The van der Waals surface area contributed by atoms with Crippen molar-refractivity contribution in [3.05, 3.63) is 23.7 Å². The Morgan fingerprint density at radius 1 is 1.29 bits per heavy atom. The summed E-state index contributed by atoms with van der Waals surface area (Å²) in [5.41, 5.74) is 5.79. The molecule has 0 atom stereocenters. The van der Waals surface area contributed by atoms with Gasteiger partial charge in [0.05, 0.1) is 23.8 Å². The van der Waals surface area contributed by atoms with Gasteiger partial charge < -0.3 is 5.73 Å². The second-order valence-corrected chi connectivity index (χ2v) is 4.16. The van der Waals surface area contributed by atoms with Crippen LogP contribution in [0.3, 0.4) is 0 Å². The number of nitrogen functional groups attached to an aromatic ring is 1. The molecular formula is C10H9F3N4. The van der Waals surface area contributed by atoms with Crippen molar-refractivity contribution in [1.29, 1.82) is 0 Å². The highest BCUT2D eigenvalue weighted by molar-refractivity contribution is 5.56. The van der Waals surface area contributed by atoms with Crippen molar-refractivity contribution in [2.45, 2.75) is 24.9 Å². The second-order valence-electron chi connectivity index (χ2n) is 4.16. The molecule has 1 saturated carbocycles. The molecule has 0 unspecified atom stereocenters. The van der Waals surface area contributed by atoms with Gasteiger partial charge in [-0.15, -0.1) is 0 Å². The van der Waals surface area contributed by atoms with E-state index in [0.29, 0.717) is 11.4 Å². The number of nitrogens with two attached hydrogens (primary N) is 1. The molecule has 2 heterocycles. The minimum Gasteiger partial charge on any atom is -0.396 e. The third-order valence-electron chi connectivity index (χ3n) is 2.86. The fourth-order valence-corrected chi connectivity index (χ4v) is 1.93. The maximum atomic E-state index is 12.7. The fourth-order valence-electron chi connectivity index (χ4n) is 1.93. The standard InChI is InChI=1S/C10H9F3N4/c11-10(12,13)6-3-16-17-8(5-1-2-5)7(14)4-15-9(6)17/h3-5H,1-2,14H2. The largest absolute Gasteiger partial charge is 0.421 e. The number of hydrogen-bond acceptors (Lipinski definition) is 3. The van der Waals surface area contributed by atoms with Gasteiger partial charge in [-0.3, -0.25) is 0 Å². The summed E-state index contributed by atoms with van der Waals surface area (Å²) >= 11 is 0. The first-order valence-electron chi connectivity index (χ1n) is 5.18. The molecule has 0 saturated heterocycles. The smallest absolute Gasteiger partial charge is 0.396 e. The minimum absolute atomic E-state index is 0.173. The average Bonchev–Trinajstić information content (AvgIpc) is 2.94. The third kappa shape index (κ3) is 1.53. The average molecular weight is 242 g/mol. The lowest BCUT2D eigenvalue weighted by Crippen LogP contribution is -2.08. The van der Waals surface area contributed by atoms with Crippen molar-refractivity contribution in [3.8, 4) is 0 Å². The first-order valence-corrected chi connectivity index (χ1v) is 5.18. The Morgan fingerprint density at radius 2 is 2.00 bits per heavy atom. The van der Waals surface area contributed by atoms with Gasteiger partial charge in [-0.05, 0) is 12.8 Å². The third-order valence-corrected chi connectivity index (χ3v) is 2.86. The molecule has 0 aromatic carbocycles. The Bertz CT molecular complexity index is 583. The van der Waals surface area contributed by atoms with Crippen LogP contribution in [0.5, 0.6) is 0 Å². The van der Waals surface area contributed by atoms with E-state index in [4.69, 9.17) is 5.73 Å². The van der Waals surface area contributed by atoms with Crippen LogP contribution in [0.4, 0.5) is 18.9 Å². The quantitative estimate of drug-likeness (QED) is 0.834. The molecule has 0 bridgehead atoms. The summed E-state index contributed by atoms with van der Waals surface area (Å²) in [6.45, 7) is 0. The van der Waals surface area contributed by atoms with Crippen LogP contribution in [0, 0.1) is 0 Å². The van der Waals surface area contributed by atoms with Gasteiger partial charge in [0.25, 0.3) is 0 Å². The normalized spacial score (nSPS) is 16.6. The Balaban J connectivity index is 2.28. The Kier molecular flexibility index (Phi) is 1.90. The van der Waals surface area contributed by atoms with Gasteiger partial charge in [-0.2, -0.15) is 18.3 Å². The molecule has 90 valence electrons. The van der Waals surface area contributed by atoms with Crippen molar-refractivity contribution in [3.63, 3.8) is 0 Å². The second kappa shape index (κ2) is 3.12. The first kappa shape index (κ1) is 10.4. The lowest BCUT2D eigenvalue weighted by atomic mass is 10.2. The Morgan fingerprint density at radius 3 is 2.59 bits per heavy atom.